The van der Waals surface area contributed by atoms with Gasteiger partial charge in [0, 0.05) is 10.8 Å². The Bertz CT molecular complexity index is 405. The first-order chi connectivity index (χ1) is 8.12. The summed E-state index contributed by atoms with van der Waals surface area (Å²) < 4.78 is 11.4. The van der Waals surface area contributed by atoms with Gasteiger partial charge in [0.05, 0.1) is 25.1 Å². The van der Waals surface area contributed by atoms with E-state index in [0.29, 0.717) is 6.61 Å². The van der Waals surface area contributed by atoms with Crippen molar-refractivity contribution in [3.8, 4) is 11.5 Å². The van der Waals surface area contributed by atoms with E-state index in [9.17, 15) is 0 Å². The van der Waals surface area contributed by atoms with Gasteiger partial charge in [0.25, 0.3) is 0 Å². The lowest BCUT2D eigenvalue weighted by atomic mass is 9.91. The molecule has 104 valence electrons. The number of nitrogens with one attached hydrogen (secondary N) is 1. The Balaban J connectivity index is 3.49. The Morgan fingerprint density at radius 3 is 1.67 bits per heavy atom. The molecule has 0 fully saturated rings. The first-order valence-electron chi connectivity index (χ1n) is 6.56. The molecule has 18 heavy (non-hydrogen) atoms. The van der Waals surface area contributed by atoms with Crippen LogP contribution in [0.4, 0.5) is 0 Å². The van der Waals surface area contributed by atoms with E-state index in [1.807, 2.05) is 6.92 Å². The van der Waals surface area contributed by atoms with Crippen LogP contribution >= 0.6 is 0 Å². The van der Waals surface area contributed by atoms with Crippen molar-refractivity contribution in [3.05, 3.63) is 11.4 Å². The summed E-state index contributed by atoms with van der Waals surface area (Å²) in [6.45, 7) is 15.7. The molecule has 1 N–H and O–H groups in total. The predicted molar refractivity (Wildman–Crippen MR) is 75.9 cm³/mol. The highest BCUT2D eigenvalue weighted by Crippen LogP contribution is 2.45. The highest BCUT2D eigenvalue weighted by molar-refractivity contribution is 5.53. The molecule has 1 heterocycles. The van der Waals surface area contributed by atoms with Crippen LogP contribution in [0.25, 0.3) is 0 Å². The fourth-order valence-corrected chi connectivity index (χ4v) is 2.00. The molecule has 0 saturated heterocycles. The summed E-state index contributed by atoms with van der Waals surface area (Å²) in [6.07, 6.45) is 0. The molecule has 0 unspecified atom stereocenters. The summed E-state index contributed by atoms with van der Waals surface area (Å²) in [5.41, 5.74) is 2.20. The largest absolute Gasteiger partial charge is 0.491 e. The summed E-state index contributed by atoms with van der Waals surface area (Å²) >= 11 is 0. The first kappa shape index (κ1) is 14.9. The van der Waals surface area contributed by atoms with Crippen molar-refractivity contribution in [3.63, 3.8) is 0 Å². The zero-order valence-electron chi connectivity index (χ0n) is 13.0. The minimum absolute atomic E-state index is 0.000689. The minimum atomic E-state index is 0.000689. The molecule has 0 atom stereocenters. The lowest BCUT2D eigenvalue weighted by molar-refractivity contribution is 0.302. The Morgan fingerprint density at radius 1 is 0.889 bits per heavy atom. The monoisotopic (exact) mass is 253 g/mol. The number of aromatic amines is 1. The fourth-order valence-electron chi connectivity index (χ4n) is 2.00. The molecule has 0 saturated carbocycles. The van der Waals surface area contributed by atoms with Crippen LogP contribution in [0.3, 0.4) is 0 Å². The van der Waals surface area contributed by atoms with Gasteiger partial charge >= 0.3 is 0 Å². The molecule has 0 spiro atoms. The van der Waals surface area contributed by atoms with E-state index in [0.717, 1.165) is 22.9 Å². The van der Waals surface area contributed by atoms with E-state index in [1.165, 1.54) is 0 Å². The van der Waals surface area contributed by atoms with Crippen LogP contribution in [0.2, 0.25) is 0 Å². The molecule has 1 rings (SSSR count). The number of hydrogen-bond acceptors (Lipinski definition) is 2. The summed E-state index contributed by atoms with van der Waals surface area (Å²) in [5, 5.41) is 0. The average Bonchev–Trinajstić information content (AvgIpc) is 2.56. The van der Waals surface area contributed by atoms with Gasteiger partial charge in [0.15, 0.2) is 11.5 Å². The van der Waals surface area contributed by atoms with Crippen LogP contribution in [0.15, 0.2) is 0 Å². The van der Waals surface area contributed by atoms with Gasteiger partial charge in [-0.1, -0.05) is 41.5 Å². The number of hydrogen-bond donors (Lipinski definition) is 1. The number of aromatic nitrogens is 1. The molecule has 0 aliphatic rings. The third kappa shape index (κ3) is 2.82. The Hall–Kier alpha value is -1.12. The summed E-state index contributed by atoms with van der Waals surface area (Å²) in [6, 6.07) is 0. The van der Waals surface area contributed by atoms with Crippen molar-refractivity contribution < 1.29 is 9.47 Å². The van der Waals surface area contributed by atoms with Crippen LogP contribution in [0.5, 0.6) is 11.5 Å². The predicted octanol–water partition coefficient (Wildman–Crippen LogP) is 4.02. The summed E-state index contributed by atoms with van der Waals surface area (Å²) in [5.74, 6) is 1.70. The third-order valence-electron chi connectivity index (χ3n) is 2.90. The second-order valence-corrected chi connectivity index (χ2v) is 6.67. The Morgan fingerprint density at radius 2 is 1.33 bits per heavy atom. The van der Waals surface area contributed by atoms with Gasteiger partial charge in [0.1, 0.15) is 0 Å². The second-order valence-electron chi connectivity index (χ2n) is 6.67. The number of rotatable bonds is 3. The van der Waals surface area contributed by atoms with Gasteiger partial charge in [-0.25, -0.2) is 0 Å². The molecule has 1 aromatic heterocycles. The molecule has 0 aliphatic heterocycles. The van der Waals surface area contributed by atoms with Gasteiger partial charge in [-0.05, 0) is 6.92 Å². The van der Waals surface area contributed by atoms with Crippen molar-refractivity contribution in [2.24, 2.45) is 0 Å². The zero-order valence-corrected chi connectivity index (χ0v) is 13.0. The minimum Gasteiger partial charge on any atom is -0.491 e. The second kappa shape index (κ2) is 4.87. The van der Waals surface area contributed by atoms with Gasteiger partial charge in [-0.3, -0.25) is 0 Å². The molecule has 0 aromatic carbocycles. The van der Waals surface area contributed by atoms with E-state index < -0.39 is 0 Å². The molecular formula is C15H27NO2. The zero-order chi connectivity index (χ0) is 14.1. The highest BCUT2D eigenvalue weighted by atomic mass is 16.5. The van der Waals surface area contributed by atoms with Gasteiger partial charge in [0.2, 0.25) is 0 Å². The third-order valence-corrected chi connectivity index (χ3v) is 2.90. The molecule has 3 heteroatoms. The maximum Gasteiger partial charge on any atom is 0.182 e. The van der Waals surface area contributed by atoms with E-state index in [2.05, 4.69) is 46.5 Å². The van der Waals surface area contributed by atoms with Crippen LogP contribution in [-0.2, 0) is 10.8 Å². The summed E-state index contributed by atoms with van der Waals surface area (Å²) in [7, 11) is 1.70. The average molecular weight is 253 g/mol. The maximum absolute atomic E-state index is 5.81. The molecule has 3 nitrogen and oxygen atoms in total. The lowest BCUT2D eigenvalue weighted by Gasteiger charge is -2.19. The van der Waals surface area contributed by atoms with Gasteiger partial charge < -0.3 is 14.5 Å². The lowest BCUT2D eigenvalue weighted by Crippen LogP contribution is -2.16. The fraction of sp³-hybridized carbons (Fsp3) is 0.733. The van der Waals surface area contributed by atoms with Crippen LogP contribution in [0.1, 0.15) is 59.9 Å². The van der Waals surface area contributed by atoms with E-state index >= 15 is 0 Å². The Kier molecular flexibility index (Phi) is 4.04. The SMILES string of the molecule is CCOc1c(C(C)(C)C)[nH]c(C(C)(C)C)c1OC. The number of ether oxygens (including phenoxy) is 2. The van der Waals surface area contributed by atoms with Crippen LogP contribution in [-0.4, -0.2) is 18.7 Å². The smallest absolute Gasteiger partial charge is 0.182 e. The van der Waals surface area contributed by atoms with Crippen molar-refractivity contribution >= 4 is 0 Å². The first-order valence-corrected chi connectivity index (χ1v) is 6.56. The van der Waals surface area contributed by atoms with E-state index in [1.54, 1.807) is 7.11 Å². The van der Waals surface area contributed by atoms with Gasteiger partial charge in [-0.2, -0.15) is 0 Å². The topological polar surface area (TPSA) is 34.2 Å². The quantitative estimate of drug-likeness (QED) is 0.883. The molecule has 0 bridgehead atoms. The van der Waals surface area contributed by atoms with E-state index in [4.69, 9.17) is 9.47 Å². The molecule has 0 aliphatic carbocycles. The maximum atomic E-state index is 5.81. The number of H-pyrrole nitrogens is 1. The van der Waals surface area contributed by atoms with Gasteiger partial charge in [-0.15, -0.1) is 0 Å². The summed E-state index contributed by atoms with van der Waals surface area (Å²) in [4.78, 5) is 3.52. The molecular weight excluding hydrogens is 226 g/mol. The number of methoxy groups -OCH3 is 1. The molecule has 0 radical (unpaired) electrons. The van der Waals surface area contributed by atoms with Crippen molar-refractivity contribution in [2.45, 2.75) is 59.3 Å². The standard InChI is InChI=1S/C15H27NO2/c1-9-18-11-10(17-8)12(14(2,3)4)16-13(11)15(5,6)7/h16H,9H2,1-8H3. The highest BCUT2D eigenvalue weighted by Gasteiger charge is 2.32. The molecule has 0 amide bonds. The van der Waals surface area contributed by atoms with Crippen molar-refractivity contribution in [2.75, 3.05) is 13.7 Å². The molecule has 1 aromatic rings. The van der Waals surface area contributed by atoms with E-state index in [-0.39, 0.29) is 10.8 Å². The van der Waals surface area contributed by atoms with Crippen molar-refractivity contribution in [1.82, 2.24) is 4.98 Å². The van der Waals surface area contributed by atoms with Crippen LogP contribution < -0.4 is 9.47 Å². The van der Waals surface area contributed by atoms with Crippen LogP contribution in [0, 0.1) is 0 Å². The van der Waals surface area contributed by atoms with Crippen molar-refractivity contribution in [1.29, 1.82) is 0 Å². The normalized spacial score (nSPS) is 12.7. The Labute approximate surface area is 111 Å².